The van der Waals surface area contributed by atoms with Gasteiger partial charge in [0.1, 0.15) is 11.9 Å². The fourth-order valence-electron chi connectivity index (χ4n) is 5.47. The molecule has 1 saturated heterocycles. The van der Waals surface area contributed by atoms with Gasteiger partial charge in [0, 0.05) is 43.2 Å². The van der Waals surface area contributed by atoms with Crippen LogP contribution in [0.2, 0.25) is 0 Å². The molecule has 1 aromatic heterocycles. The number of nitrogens with zero attached hydrogens (tertiary/aromatic N) is 5. The Morgan fingerprint density at radius 1 is 0.944 bits per heavy atom. The first-order chi connectivity index (χ1) is 17.6. The standard InChI is InChI=1S/C30H33N5O/c1-22(2)29-26-15-9-14-25(26)27(20-31)30(32-29)34-18-16-33(17-19-34)21-28(36)35(23-10-5-3-6-11-23)24-12-7-4-8-13-24/h3-8,10-13,22H,9,14-19,21H2,1-2H3. The molecule has 1 aliphatic carbocycles. The molecule has 1 fully saturated rings. The number of pyridine rings is 1. The van der Waals surface area contributed by atoms with Gasteiger partial charge in [-0.3, -0.25) is 14.6 Å². The lowest BCUT2D eigenvalue weighted by Gasteiger charge is -2.37. The van der Waals surface area contributed by atoms with Gasteiger partial charge in [-0.25, -0.2) is 4.98 Å². The van der Waals surface area contributed by atoms with E-state index in [9.17, 15) is 10.1 Å². The number of benzene rings is 2. The summed E-state index contributed by atoms with van der Waals surface area (Å²) in [5.74, 6) is 1.23. The molecule has 0 unspecified atom stereocenters. The molecule has 0 atom stereocenters. The number of hydrogen-bond acceptors (Lipinski definition) is 5. The normalized spacial score (nSPS) is 15.6. The van der Waals surface area contributed by atoms with Crippen LogP contribution in [0.5, 0.6) is 0 Å². The van der Waals surface area contributed by atoms with E-state index in [1.165, 1.54) is 11.1 Å². The Hall–Kier alpha value is -3.69. The summed E-state index contributed by atoms with van der Waals surface area (Å²) in [6.07, 6.45) is 3.10. The summed E-state index contributed by atoms with van der Waals surface area (Å²) in [4.78, 5) is 24.8. The van der Waals surface area contributed by atoms with Gasteiger partial charge in [-0.2, -0.15) is 5.26 Å². The monoisotopic (exact) mass is 479 g/mol. The maximum absolute atomic E-state index is 13.5. The first kappa shape index (κ1) is 24.0. The Morgan fingerprint density at radius 3 is 2.08 bits per heavy atom. The molecule has 2 heterocycles. The largest absolute Gasteiger partial charge is 0.353 e. The van der Waals surface area contributed by atoms with Crippen molar-refractivity contribution >= 4 is 23.1 Å². The highest BCUT2D eigenvalue weighted by Gasteiger charge is 2.29. The lowest BCUT2D eigenvalue weighted by molar-refractivity contribution is -0.119. The molecule has 0 saturated carbocycles. The number of para-hydroxylation sites is 2. The van der Waals surface area contributed by atoms with Gasteiger partial charge < -0.3 is 4.90 Å². The quantitative estimate of drug-likeness (QED) is 0.495. The van der Waals surface area contributed by atoms with Crippen LogP contribution < -0.4 is 9.80 Å². The molecule has 2 aromatic carbocycles. The number of aromatic nitrogens is 1. The molecule has 5 rings (SSSR count). The number of nitriles is 1. The highest BCUT2D eigenvalue weighted by molar-refractivity contribution is 6.01. The average Bonchev–Trinajstić information content (AvgIpc) is 3.39. The van der Waals surface area contributed by atoms with Crippen molar-refractivity contribution in [1.29, 1.82) is 5.26 Å². The summed E-state index contributed by atoms with van der Waals surface area (Å²) in [7, 11) is 0. The Kier molecular flexibility index (Phi) is 7.02. The second kappa shape index (κ2) is 10.5. The van der Waals surface area contributed by atoms with Crippen LogP contribution >= 0.6 is 0 Å². The molecule has 6 heteroatoms. The van der Waals surface area contributed by atoms with E-state index >= 15 is 0 Å². The number of carbonyl (C=O) groups excluding carboxylic acids is 1. The number of carbonyl (C=O) groups is 1. The van der Waals surface area contributed by atoms with Crippen molar-refractivity contribution in [1.82, 2.24) is 9.88 Å². The molecular formula is C30H33N5O. The molecule has 0 radical (unpaired) electrons. The lowest BCUT2D eigenvalue weighted by Crippen LogP contribution is -2.50. The Bertz CT molecular complexity index is 1220. The zero-order valence-corrected chi connectivity index (χ0v) is 21.2. The number of amides is 1. The third-order valence-electron chi connectivity index (χ3n) is 7.25. The van der Waals surface area contributed by atoms with Crippen molar-refractivity contribution in [2.45, 2.75) is 39.0 Å². The summed E-state index contributed by atoms with van der Waals surface area (Å²) in [6, 6.07) is 22.1. The van der Waals surface area contributed by atoms with Gasteiger partial charge in [-0.15, -0.1) is 0 Å². The predicted octanol–water partition coefficient (Wildman–Crippen LogP) is 5.05. The van der Waals surface area contributed by atoms with E-state index in [0.717, 1.165) is 73.9 Å². The maximum Gasteiger partial charge on any atom is 0.245 e. The average molecular weight is 480 g/mol. The van der Waals surface area contributed by atoms with Crippen molar-refractivity contribution < 1.29 is 4.79 Å². The molecule has 2 aliphatic rings. The SMILES string of the molecule is CC(C)c1nc(N2CCN(CC(=O)N(c3ccccc3)c3ccccc3)CC2)c(C#N)c2c1CCC2. The van der Waals surface area contributed by atoms with Gasteiger partial charge >= 0.3 is 0 Å². The highest BCUT2D eigenvalue weighted by Crippen LogP contribution is 2.36. The Labute approximate surface area is 213 Å². The number of anilines is 3. The summed E-state index contributed by atoms with van der Waals surface area (Å²) >= 11 is 0. The summed E-state index contributed by atoms with van der Waals surface area (Å²) in [6.45, 7) is 7.73. The van der Waals surface area contributed by atoms with Crippen LogP contribution in [0.4, 0.5) is 17.2 Å². The van der Waals surface area contributed by atoms with Gasteiger partial charge in [0.05, 0.1) is 12.1 Å². The second-order valence-electron chi connectivity index (χ2n) is 9.94. The molecule has 36 heavy (non-hydrogen) atoms. The van der Waals surface area contributed by atoms with E-state index in [0.29, 0.717) is 12.5 Å². The number of rotatable bonds is 6. The minimum absolute atomic E-state index is 0.0521. The fraction of sp³-hybridized carbons (Fsp3) is 0.367. The summed E-state index contributed by atoms with van der Waals surface area (Å²) in [5, 5.41) is 10.0. The third kappa shape index (κ3) is 4.72. The second-order valence-corrected chi connectivity index (χ2v) is 9.94. The van der Waals surface area contributed by atoms with Gasteiger partial charge in [-0.05, 0) is 60.6 Å². The lowest BCUT2D eigenvalue weighted by atomic mass is 9.97. The first-order valence-electron chi connectivity index (χ1n) is 12.9. The number of piperazine rings is 1. The van der Waals surface area contributed by atoms with Crippen molar-refractivity contribution in [2.24, 2.45) is 0 Å². The van der Waals surface area contributed by atoms with E-state index in [4.69, 9.17) is 4.98 Å². The van der Waals surface area contributed by atoms with Crippen molar-refractivity contribution in [3.8, 4) is 6.07 Å². The van der Waals surface area contributed by atoms with Gasteiger partial charge in [-0.1, -0.05) is 50.2 Å². The van der Waals surface area contributed by atoms with Crippen LogP contribution in [0.3, 0.4) is 0 Å². The summed E-state index contributed by atoms with van der Waals surface area (Å²) in [5.41, 5.74) is 6.16. The topological polar surface area (TPSA) is 63.5 Å². The zero-order chi connectivity index (χ0) is 25.1. The van der Waals surface area contributed by atoms with Crippen LogP contribution in [-0.4, -0.2) is 48.5 Å². The van der Waals surface area contributed by atoms with E-state index in [2.05, 4.69) is 29.7 Å². The molecule has 0 spiro atoms. The molecule has 1 aliphatic heterocycles. The van der Waals surface area contributed by atoms with Crippen LogP contribution in [-0.2, 0) is 17.6 Å². The molecule has 0 N–H and O–H groups in total. The minimum Gasteiger partial charge on any atom is -0.353 e. The van der Waals surface area contributed by atoms with E-state index in [-0.39, 0.29) is 5.91 Å². The number of hydrogen-bond donors (Lipinski definition) is 0. The van der Waals surface area contributed by atoms with Crippen LogP contribution in [0.15, 0.2) is 60.7 Å². The third-order valence-corrected chi connectivity index (χ3v) is 7.25. The van der Waals surface area contributed by atoms with Crippen LogP contribution in [0, 0.1) is 11.3 Å². The fourth-order valence-corrected chi connectivity index (χ4v) is 5.47. The smallest absolute Gasteiger partial charge is 0.245 e. The summed E-state index contributed by atoms with van der Waals surface area (Å²) < 4.78 is 0. The van der Waals surface area contributed by atoms with E-state index in [1.807, 2.05) is 60.7 Å². The van der Waals surface area contributed by atoms with Gasteiger partial charge in [0.15, 0.2) is 0 Å². The van der Waals surface area contributed by atoms with E-state index < -0.39 is 0 Å². The molecule has 184 valence electrons. The molecular weight excluding hydrogens is 446 g/mol. The van der Waals surface area contributed by atoms with Crippen molar-refractivity contribution in [2.75, 3.05) is 42.5 Å². The predicted molar refractivity (Wildman–Crippen MR) is 144 cm³/mol. The van der Waals surface area contributed by atoms with E-state index in [1.54, 1.807) is 4.90 Å². The van der Waals surface area contributed by atoms with Gasteiger partial charge in [0.2, 0.25) is 5.91 Å². The molecule has 3 aromatic rings. The Morgan fingerprint density at radius 2 is 1.53 bits per heavy atom. The van der Waals surface area contributed by atoms with Gasteiger partial charge in [0.25, 0.3) is 0 Å². The Balaban J connectivity index is 1.32. The highest BCUT2D eigenvalue weighted by atomic mass is 16.2. The van der Waals surface area contributed by atoms with Crippen LogP contribution in [0.1, 0.15) is 48.6 Å². The minimum atomic E-state index is 0.0521. The van der Waals surface area contributed by atoms with Crippen molar-refractivity contribution in [3.05, 3.63) is 83.0 Å². The molecule has 6 nitrogen and oxygen atoms in total. The molecule has 0 bridgehead atoms. The van der Waals surface area contributed by atoms with Crippen molar-refractivity contribution in [3.63, 3.8) is 0 Å². The number of fused-ring (bicyclic) bond motifs is 1. The first-order valence-corrected chi connectivity index (χ1v) is 12.9. The maximum atomic E-state index is 13.5. The zero-order valence-electron chi connectivity index (χ0n) is 21.2. The molecule has 1 amide bonds. The van der Waals surface area contributed by atoms with Crippen LogP contribution in [0.25, 0.3) is 0 Å².